The lowest BCUT2D eigenvalue weighted by Gasteiger charge is -2.18. The molecule has 1 saturated heterocycles. The number of carbonyl (C=O) groups excluding carboxylic acids is 1. The van der Waals surface area contributed by atoms with Crippen molar-refractivity contribution in [1.82, 2.24) is 15.5 Å². The molecule has 0 radical (unpaired) electrons. The molecule has 1 aromatic carbocycles. The third-order valence-corrected chi connectivity index (χ3v) is 4.33. The highest BCUT2D eigenvalue weighted by Crippen LogP contribution is 2.17. The van der Waals surface area contributed by atoms with Crippen LogP contribution in [-0.2, 0) is 16.0 Å². The first-order valence-corrected chi connectivity index (χ1v) is 9.07. The maximum atomic E-state index is 12.2. The number of nitrogens with one attached hydrogen (secondary N) is 2. The number of guanidine groups is 1. The Hall–Kier alpha value is -1.35. The number of hydrogen-bond acceptors (Lipinski definition) is 3. The second kappa shape index (κ2) is 12.9. The number of rotatable bonds is 9. The van der Waals surface area contributed by atoms with Gasteiger partial charge in [-0.15, -0.1) is 24.0 Å². The summed E-state index contributed by atoms with van der Waals surface area (Å²) >= 11 is 0. The maximum Gasteiger partial charge on any atom is 0.223 e. The molecule has 146 valence electrons. The van der Waals surface area contributed by atoms with Crippen LogP contribution >= 0.6 is 24.0 Å². The molecule has 0 saturated carbocycles. The van der Waals surface area contributed by atoms with Crippen LogP contribution in [0.1, 0.15) is 18.9 Å². The van der Waals surface area contributed by atoms with E-state index < -0.39 is 0 Å². The fourth-order valence-corrected chi connectivity index (χ4v) is 2.96. The number of aliphatic imine (C=N–C) groups is 1. The van der Waals surface area contributed by atoms with Crippen LogP contribution in [0.15, 0.2) is 35.3 Å². The van der Waals surface area contributed by atoms with Gasteiger partial charge in [-0.1, -0.05) is 30.3 Å². The van der Waals surface area contributed by atoms with Crippen LogP contribution in [0.2, 0.25) is 0 Å². The average Bonchev–Trinajstić information content (AvgIpc) is 3.00. The summed E-state index contributed by atoms with van der Waals surface area (Å²) in [5.41, 5.74) is 1.27. The van der Waals surface area contributed by atoms with Crippen LogP contribution in [0, 0.1) is 5.92 Å². The fourth-order valence-electron chi connectivity index (χ4n) is 2.96. The topological polar surface area (TPSA) is 66.0 Å². The zero-order chi connectivity index (χ0) is 17.9. The molecule has 1 unspecified atom stereocenters. The number of carbonyl (C=O) groups is 1. The van der Waals surface area contributed by atoms with Crippen molar-refractivity contribution in [3.05, 3.63) is 35.9 Å². The second-order valence-corrected chi connectivity index (χ2v) is 6.22. The molecule has 26 heavy (non-hydrogen) atoms. The number of ether oxygens (including phenoxy) is 1. The Balaban J connectivity index is 0.00000338. The van der Waals surface area contributed by atoms with E-state index in [1.54, 1.807) is 7.05 Å². The second-order valence-electron chi connectivity index (χ2n) is 6.22. The lowest BCUT2D eigenvalue weighted by Crippen LogP contribution is -2.41. The number of benzene rings is 1. The third-order valence-electron chi connectivity index (χ3n) is 4.33. The largest absolute Gasteiger partial charge is 0.380 e. The minimum absolute atomic E-state index is 0. The van der Waals surface area contributed by atoms with Crippen molar-refractivity contribution in [3.8, 4) is 0 Å². The third kappa shape index (κ3) is 7.90. The highest BCUT2D eigenvalue weighted by molar-refractivity contribution is 14.0. The number of likely N-dealkylation sites (tertiary alicyclic amines) is 1. The molecule has 0 aliphatic carbocycles. The Bertz CT molecular complexity index is 554. The zero-order valence-electron chi connectivity index (χ0n) is 15.7. The molecule has 2 N–H and O–H groups in total. The SMILES string of the molecule is CCOCCNC(=NC)NCC1CC(=O)N(CCc2ccccc2)C1.I. The smallest absolute Gasteiger partial charge is 0.223 e. The molecule has 1 aliphatic heterocycles. The normalized spacial score (nSPS) is 17.2. The van der Waals surface area contributed by atoms with Crippen molar-refractivity contribution in [2.24, 2.45) is 10.9 Å². The van der Waals surface area contributed by atoms with Crippen LogP contribution < -0.4 is 10.6 Å². The summed E-state index contributed by atoms with van der Waals surface area (Å²) in [6.45, 7) is 6.44. The molecule has 7 heteroatoms. The number of hydrogen-bond donors (Lipinski definition) is 2. The van der Waals surface area contributed by atoms with Crippen molar-refractivity contribution in [2.45, 2.75) is 19.8 Å². The van der Waals surface area contributed by atoms with E-state index in [0.29, 0.717) is 18.9 Å². The predicted octanol–water partition coefficient (Wildman–Crippen LogP) is 1.90. The van der Waals surface area contributed by atoms with Crippen LogP contribution in [-0.4, -0.2) is 63.2 Å². The van der Waals surface area contributed by atoms with Gasteiger partial charge in [0, 0.05) is 52.2 Å². The Morgan fingerprint density at radius 1 is 1.31 bits per heavy atom. The van der Waals surface area contributed by atoms with Gasteiger partial charge >= 0.3 is 0 Å². The molecule has 1 aliphatic rings. The summed E-state index contributed by atoms with van der Waals surface area (Å²) in [5, 5.41) is 6.52. The van der Waals surface area contributed by atoms with E-state index >= 15 is 0 Å². The molecule has 0 aromatic heterocycles. The van der Waals surface area contributed by atoms with E-state index in [0.717, 1.165) is 45.2 Å². The van der Waals surface area contributed by atoms with Crippen LogP contribution in [0.4, 0.5) is 0 Å². The molecule has 1 aromatic rings. The quantitative estimate of drug-likeness (QED) is 0.249. The van der Waals surface area contributed by atoms with E-state index in [2.05, 4.69) is 27.8 Å². The van der Waals surface area contributed by atoms with Gasteiger partial charge in [0.15, 0.2) is 5.96 Å². The van der Waals surface area contributed by atoms with Gasteiger partial charge in [-0.05, 0) is 18.9 Å². The van der Waals surface area contributed by atoms with Gasteiger partial charge in [-0.3, -0.25) is 9.79 Å². The van der Waals surface area contributed by atoms with Crippen molar-refractivity contribution in [3.63, 3.8) is 0 Å². The summed E-state index contributed by atoms with van der Waals surface area (Å²) in [5.74, 6) is 1.34. The van der Waals surface area contributed by atoms with E-state index in [4.69, 9.17) is 4.74 Å². The van der Waals surface area contributed by atoms with E-state index in [1.807, 2.05) is 30.0 Å². The van der Waals surface area contributed by atoms with Crippen molar-refractivity contribution in [1.29, 1.82) is 0 Å². The Morgan fingerprint density at radius 3 is 2.77 bits per heavy atom. The molecule has 1 amide bonds. The Kier molecular flexibility index (Phi) is 11.3. The lowest BCUT2D eigenvalue weighted by atomic mass is 10.1. The highest BCUT2D eigenvalue weighted by Gasteiger charge is 2.29. The van der Waals surface area contributed by atoms with Gasteiger partial charge < -0.3 is 20.3 Å². The summed E-state index contributed by atoms with van der Waals surface area (Å²) in [6.07, 6.45) is 1.52. The summed E-state index contributed by atoms with van der Waals surface area (Å²) in [6, 6.07) is 10.3. The predicted molar refractivity (Wildman–Crippen MR) is 116 cm³/mol. The first-order valence-electron chi connectivity index (χ1n) is 9.07. The zero-order valence-corrected chi connectivity index (χ0v) is 18.1. The summed E-state index contributed by atoms with van der Waals surface area (Å²) in [4.78, 5) is 18.4. The first-order chi connectivity index (χ1) is 12.2. The van der Waals surface area contributed by atoms with Gasteiger partial charge in [-0.2, -0.15) is 0 Å². The van der Waals surface area contributed by atoms with Gasteiger partial charge in [0.05, 0.1) is 6.61 Å². The molecule has 1 atom stereocenters. The van der Waals surface area contributed by atoms with Gasteiger partial charge in [-0.25, -0.2) is 0 Å². The number of halogens is 1. The molecule has 0 bridgehead atoms. The van der Waals surface area contributed by atoms with E-state index in [-0.39, 0.29) is 29.9 Å². The van der Waals surface area contributed by atoms with Crippen LogP contribution in [0.5, 0.6) is 0 Å². The van der Waals surface area contributed by atoms with Gasteiger partial charge in [0.1, 0.15) is 0 Å². The van der Waals surface area contributed by atoms with Crippen molar-refractivity contribution >= 4 is 35.8 Å². The van der Waals surface area contributed by atoms with Crippen molar-refractivity contribution < 1.29 is 9.53 Å². The molecule has 0 spiro atoms. The van der Waals surface area contributed by atoms with Gasteiger partial charge in [0.25, 0.3) is 0 Å². The van der Waals surface area contributed by atoms with Crippen LogP contribution in [0.25, 0.3) is 0 Å². The highest BCUT2D eigenvalue weighted by atomic mass is 127. The minimum atomic E-state index is 0. The molecule has 6 nitrogen and oxygen atoms in total. The van der Waals surface area contributed by atoms with Crippen LogP contribution in [0.3, 0.4) is 0 Å². The minimum Gasteiger partial charge on any atom is -0.380 e. The molecular weight excluding hydrogens is 443 g/mol. The van der Waals surface area contributed by atoms with E-state index in [9.17, 15) is 4.79 Å². The molecule has 2 rings (SSSR count). The number of nitrogens with zero attached hydrogens (tertiary/aromatic N) is 2. The first kappa shape index (κ1) is 22.7. The lowest BCUT2D eigenvalue weighted by molar-refractivity contribution is -0.127. The maximum absolute atomic E-state index is 12.2. The summed E-state index contributed by atoms with van der Waals surface area (Å²) in [7, 11) is 1.75. The average molecular weight is 474 g/mol. The monoisotopic (exact) mass is 474 g/mol. The Morgan fingerprint density at radius 2 is 2.08 bits per heavy atom. The Labute approximate surface area is 173 Å². The molecular formula is C19H31IN4O2. The standard InChI is InChI=1S/C19H30N4O2.HI/c1-3-25-12-10-21-19(20-2)22-14-17-13-18(24)23(15-17)11-9-16-7-5-4-6-8-16;/h4-8,17H,3,9-15H2,1-2H3,(H2,20,21,22);1H. The number of amides is 1. The summed E-state index contributed by atoms with van der Waals surface area (Å²) < 4.78 is 5.30. The fraction of sp³-hybridized carbons (Fsp3) is 0.579. The van der Waals surface area contributed by atoms with Crippen molar-refractivity contribution in [2.75, 3.05) is 46.4 Å². The molecule has 1 fully saturated rings. The van der Waals surface area contributed by atoms with Gasteiger partial charge in [0.2, 0.25) is 5.91 Å². The van der Waals surface area contributed by atoms with E-state index in [1.165, 1.54) is 5.56 Å². The molecule has 1 heterocycles.